The van der Waals surface area contributed by atoms with E-state index in [1.807, 2.05) is 0 Å². The molecule has 0 aromatic carbocycles. The zero-order valence-electron chi connectivity index (χ0n) is 11.8. The lowest BCUT2D eigenvalue weighted by molar-refractivity contribution is 0.0355. The van der Waals surface area contributed by atoms with Gasteiger partial charge >= 0.3 is 0 Å². The van der Waals surface area contributed by atoms with Crippen LogP contribution in [0.1, 0.15) is 6.42 Å². The molecule has 0 radical (unpaired) electrons. The molecule has 2 fully saturated rings. The molecule has 0 amide bonds. The van der Waals surface area contributed by atoms with E-state index >= 15 is 0 Å². The van der Waals surface area contributed by atoms with Crippen LogP contribution in [-0.2, 0) is 14.8 Å². The van der Waals surface area contributed by atoms with Crippen LogP contribution in [-0.4, -0.2) is 82.4 Å². The maximum atomic E-state index is 11.8. The van der Waals surface area contributed by atoms with Crippen molar-refractivity contribution in [1.82, 2.24) is 14.5 Å². The third-order valence-corrected chi connectivity index (χ3v) is 4.94. The highest BCUT2D eigenvalue weighted by atomic mass is 35.5. The van der Waals surface area contributed by atoms with Crippen molar-refractivity contribution in [3.05, 3.63) is 0 Å². The molecule has 0 bridgehead atoms. The van der Waals surface area contributed by atoms with E-state index in [9.17, 15) is 8.42 Å². The van der Waals surface area contributed by atoms with Crippen molar-refractivity contribution in [3.63, 3.8) is 0 Å². The van der Waals surface area contributed by atoms with Crippen molar-refractivity contribution in [3.8, 4) is 0 Å². The average Bonchev–Trinajstić information content (AvgIpc) is 2.82. The van der Waals surface area contributed by atoms with Gasteiger partial charge in [-0.15, -0.1) is 24.8 Å². The van der Waals surface area contributed by atoms with Gasteiger partial charge in [0, 0.05) is 38.8 Å². The van der Waals surface area contributed by atoms with Crippen LogP contribution in [0, 0.1) is 0 Å². The van der Waals surface area contributed by atoms with Gasteiger partial charge in [0.2, 0.25) is 10.0 Å². The van der Waals surface area contributed by atoms with Crippen molar-refractivity contribution in [2.45, 2.75) is 12.5 Å². The van der Waals surface area contributed by atoms with Gasteiger partial charge < -0.3 is 10.1 Å². The Bertz CT molecular complexity index is 358. The lowest BCUT2D eigenvalue weighted by Gasteiger charge is -2.31. The highest BCUT2D eigenvalue weighted by Gasteiger charge is 2.29. The maximum Gasteiger partial charge on any atom is 0.211 e. The molecule has 2 heterocycles. The van der Waals surface area contributed by atoms with E-state index in [1.165, 1.54) is 6.26 Å². The van der Waals surface area contributed by atoms with Crippen molar-refractivity contribution in [1.29, 1.82) is 0 Å². The van der Waals surface area contributed by atoms with Gasteiger partial charge in [-0.3, -0.25) is 4.90 Å². The van der Waals surface area contributed by atoms with Gasteiger partial charge in [0.05, 0.1) is 19.5 Å². The van der Waals surface area contributed by atoms with E-state index < -0.39 is 10.0 Å². The Balaban J connectivity index is 0.00000180. The fourth-order valence-corrected chi connectivity index (χ4v) is 3.70. The van der Waals surface area contributed by atoms with E-state index in [4.69, 9.17) is 4.74 Å². The Morgan fingerprint density at radius 2 is 1.95 bits per heavy atom. The Labute approximate surface area is 134 Å². The van der Waals surface area contributed by atoms with Gasteiger partial charge in [-0.25, -0.2) is 8.42 Å². The Hall–Kier alpha value is 0.370. The zero-order valence-corrected chi connectivity index (χ0v) is 14.2. The fourth-order valence-electron chi connectivity index (χ4n) is 2.57. The van der Waals surface area contributed by atoms with Crippen molar-refractivity contribution >= 4 is 34.8 Å². The van der Waals surface area contributed by atoms with E-state index in [0.717, 1.165) is 52.4 Å². The summed E-state index contributed by atoms with van der Waals surface area (Å²) in [5, 5.41) is 3.22. The van der Waals surface area contributed by atoms with Gasteiger partial charge in [-0.1, -0.05) is 0 Å². The lowest BCUT2D eigenvalue weighted by atomic mass is 10.2. The van der Waals surface area contributed by atoms with E-state index in [1.54, 1.807) is 4.31 Å². The number of morpholine rings is 1. The number of nitrogens with one attached hydrogen (secondary N) is 1. The first-order chi connectivity index (χ1) is 8.57. The molecule has 1 unspecified atom stereocenters. The summed E-state index contributed by atoms with van der Waals surface area (Å²) in [6, 6.07) is 0.126. The number of halogens is 2. The van der Waals surface area contributed by atoms with Crippen LogP contribution < -0.4 is 5.32 Å². The first kappa shape index (κ1) is 20.4. The molecule has 2 aliphatic heterocycles. The number of rotatable bonds is 5. The van der Waals surface area contributed by atoms with Gasteiger partial charge in [0.15, 0.2) is 0 Å². The van der Waals surface area contributed by atoms with E-state index in [0.29, 0.717) is 6.54 Å². The number of hydrogen-bond donors (Lipinski definition) is 1. The lowest BCUT2D eigenvalue weighted by Crippen LogP contribution is -2.47. The Kier molecular flexibility index (Phi) is 9.57. The van der Waals surface area contributed by atoms with Gasteiger partial charge in [0.25, 0.3) is 0 Å². The topological polar surface area (TPSA) is 61.9 Å². The number of ether oxygens (including phenoxy) is 1. The van der Waals surface area contributed by atoms with Crippen LogP contribution in [0.15, 0.2) is 0 Å². The molecule has 20 heavy (non-hydrogen) atoms. The molecule has 0 aromatic rings. The smallest absolute Gasteiger partial charge is 0.211 e. The second-order valence-corrected chi connectivity index (χ2v) is 6.91. The van der Waals surface area contributed by atoms with E-state index in [2.05, 4.69) is 10.2 Å². The summed E-state index contributed by atoms with van der Waals surface area (Å²) in [5.41, 5.74) is 0. The summed E-state index contributed by atoms with van der Waals surface area (Å²) in [7, 11) is -3.11. The molecule has 122 valence electrons. The molecule has 0 saturated carbocycles. The van der Waals surface area contributed by atoms with Crippen LogP contribution >= 0.6 is 24.8 Å². The van der Waals surface area contributed by atoms with Crippen LogP contribution in [0.4, 0.5) is 0 Å². The third-order valence-electron chi connectivity index (χ3n) is 3.61. The first-order valence-electron chi connectivity index (χ1n) is 6.55. The molecular formula is C11H25Cl2N3O3S. The molecule has 1 atom stereocenters. The van der Waals surface area contributed by atoms with Crippen molar-refractivity contribution < 1.29 is 13.2 Å². The Morgan fingerprint density at radius 1 is 1.30 bits per heavy atom. The first-order valence-corrected chi connectivity index (χ1v) is 8.40. The molecule has 2 aliphatic rings. The molecule has 0 spiro atoms. The molecule has 9 heteroatoms. The number of nitrogens with zero attached hydrogens (tertiary/aromatic N) is 2. The third kappa shape index (κ3) is 6.01. The summed E-state index contributed by atoms with van der Waals surface area (Å²) < 4.78 is 30.6. The van der Waals surface area contributed by atoms with Gasteiger partial charge in [-0.05, 0) is 13.0 Å². The molecular weight excluding hydrogens is 325 g/mol. The zero-order chi connectivity index (χ0) is 13.0. The molecule has 2 rings (SSSR count). The minimum atomic E-state index is -3.11. The molecule has 1 N–H and O–H groups in total. The maximum absolute atomic E-state index is 11.8. The second-order valence-electron chi connectivity index (χ2n) is 4.97. The van der Waals surface area contributed by atoms with E-state index in [-0.39, 0.29) is 30.9 Å². The predicted molar refractivity (Wildman–Crippen MR) is 84.6 cm³/mol. The number of hydrogen-bond acceptors (Lipinski definition) is 5. The van der Waals surface area contributed by atoms with Crippen molar-refractivity contribution in [2.24, 2.45) is 0 Å². The second kappa shape index (κ2) is 9.40. The molecule has 2 saturated heterocycles. The SMILES string of the molecule is CS(=O)(=O)N(CCN1CCOCC1)C1CCNC1.Cl.Cl. The molecule has 0 aliphatic carbocycles. The minimum Gasteiger partial charge on any atom is -0.379 e. The summed E-state index contributed by atoms with van der Waals surface area (Å²) in [6.45, 7) is 6.39. The van der Waals surface area contributed by atoms with Crippen LogP contribution in [0.5, 0.6) is 0 Å². The minimum absolute atomic E-state index is 0. The molecule has 0 aromatic heterocycles. The van der Waals surface area contributed by atoms with Gasteiger partial charge in [-0.2, -0.15) is 4.31 Å². The quantitative estimate of drug-likeness (QED) is 0.743. The monoisotopic (exact) mass is 349 g/mol. The highest BCUT2D eigenvalue weighted by molar-refractivity contribution is 7.88. The Morgan fingerprint density at radius 3 is 2.45 bits per heavy atom. The average molecular weight is 350 g/mol. The predicted octanol–water partition coefficient (Wildman–Crippen LogP) is -0.214. The van der Waals surface area contributed by atoms with Gasteiger partial charge in [0.1, 0.15) is 0 Å². The highest BCUT2D eigenvalue weighted by Crippen LogP contribution is 2.12. The normalized spacial score (nSPS) is 24.2. The summed E-state index contributed by atoms with van der Waals surface area (Å²) in [5.74, 6) is 0. The largest absolute Gasteiger partial charge is 0.379 e. The van der Waals surface area contributed by atoms with Crippen LogP contribution in [0.2, 0.25) is 0 Å². The standard InChI is InChI=1S/C11H23N3O3S.2ClH/c1-18(15,16)14(11-2-3-12-10-11)5-4-13-6-8-17-9-7-13;;/h11-12H,2-10H2,1H3;2*1H. The van der Waals surface area contributed by atoms with Crippen LogP contribution in [0.3, 0.4) is 0 Å². The van der Waals surface area contributed by atoms with Crippen molar-refractivity contribution in [2.75, 3.05) is 58.7 Å². The summed E-state index contributed by atoms with van der Waals surface area (Å²) in [4.78, 5) is 2.27. The summed E-state index contributed by atoms with van der Waals surface area (Å²) in [6.07, 6.45) is 2.22. The molecule has 6 nitrogen and oxygen atoms in total. The summed E-state index contributed by atoms with van der Waals surface area (Å²) >= 11 is 0. The fraction of sp³-hybridized carbons (Fsp3) is 1.00. The number of sulfonamides is 1. The van der Waals surface area contributed by atoms with Crippen LogP contribution in [0.25, 0.3) is 0 Å².